The number of nitrogens with zero attached hydrogens (tertiary/aromatic N) is 2. The number of anilines is 3. The molecule has 7 nitrogen and oxygen atoms in total. The van der Waals surface area contributed by atoms with E-state index in [1.807, 2.05) is 31.2 Å². The van der Waals surface area contributed by atoms with E-state index in [9.17, 15) is 9.59 Å². The van der Waals surface area contributed by atoms with E-state index >= 15 is 0 Å². The van der Waals surface area contributed by atoms with Crippen molar-refractivity contribution in [3.8, 4) is 0 Å². The van der Waals surface area contributed by atoms with Crippen LogP contribution in [0.2, 0.25) is 0 Å². The first-order valence-electron chi connectivity index (χ1n) is 8.79. The van der Waals surface area contributed by atoms with E-state index in [1.54, 1.807) is 31.2 Å². The highest BCUT2D eigenvalue weighted by Crippen LogP contribution is 2.15. The lowest BCUT2D eigenvalue weighted by molar-refractivity contribution is 0.0526. The van der Waals surface area contributed by atoms with Crippen LogP contribution in [0.4, 0.5) is 17.3 Å². The number of aryl methyl sites for hydroxylation is 1. The van der Waals surface area contributed by atoms with Crippen molar-refractivity contribution in [2.45, 2.75) is 13.8 Å². The van der Waals surface area contributed by atoms with E-state index in [2.05, 4.69) is 20.6 Å². The molecule has 1 aromatic heterocycles. The molecule has 0 saturated carbocycles. The zero-order valence-corrected chi connectivity index (χ0v) is 15.6. The number of hydrogen-bond donors (Lipinski definition) is 2. The highest BCUT2D eigenvalue weighted by molar-refractivity contribution is 6.03. The summed E-state index contributed by atoms with van der Waals surface area (Å²) >= 11 is 0. The van der Waals surface area contributed by atoms with Gasteiger partial charge in [-0.15, -0.1) is 0 Å². The molecule has 0 atom stereocenters. The first kappa shape index (κ1) is 19.0. The van der Waals surface area contributed by atoms with E-state index in [1.165, 1.54) is 12.4 Å². The Morgan fingerprint density at radius 3 is 2.32 bits per heavy atom. The molecule has 3 rings (SSSR count). The molecule has 0 unspecified atom stereocenters. The van der Waals surface area contributed by atoms with Gasteiger partial charge in [-0.2, -0.15) is 0 Å². The van der Waals surface area contributed by atoms with Gasteiger partial charge in [0.2, 0.25) is 5.95 Å². The van der Waals surface area contributed by atoms with Crippen LogP contribution in [-0.4, -0.2) is 28.5 Å². The van der Waals surface area contributed by atoms with Gasteiger partial charge >= 0.3 is 5.97 Å². The predicted octanol–water partition coefficient (Wildman–Crippen LogP) is 3.96. The zero-order valence-electron chi connectivity index (χ0n) is 15.6. The number of nitrogens with one attached hydrogen (secondary N) is 2. The van der Waals surface area contributed by atoms with Crippen LogP contribution in [0.25, 0.3) is 0 Å². The number of benzene rings is 2. The molecular formula is C21H20N4O3. The van der Waals surface area contributed by atoms with E-state index < -0.39 is 0 Å². The van der Waals surface area contributed by atoms with Crippen LogP contribution in [0.3, 0.4) is 0 Å². The molecule has 0 bridgehead atoms. The quantitative estimate of drug-likeness (QED) is 0.633. The van der Waals surface area contributed by atoms with Crippen molar-refractivity contribution in [3.63, 3.8) is 0 Å². The predicted molar refractivity (Wildman–Crippen MR) is 107 cm³/mol. The Balaban J connectivity index is 1.62. The second-order valence-corrected chi connectivity index (χ2v) is 6.04. The van der Waals surface area contributed by atoms with E-state index in [-0.39, 0.29) is 11.9 Å². The standard InChI is InChI=1S/C21H20N4O3/c1-3-28-20(27)15-7-9-17(10-8-15)25-21-22-12-16(13-23-21)19(26)24-18-6-4-5-14(2)11-18/h4-13H,3H2,1-2H3,(H,24,26)(H,22,23,25). The molecule has 28 heavy (non-hydrogen) atoms. The summed E-state index contributed by atoms with van der Waals surface area (Å²) in [6.07, 6.45) is 2.90. The molecular weight excluding hydrogens is 356 g/mol. The molecule has 0 saturated heterocycles. The van der Waals surface area contributed by atoms with Crippen LogP contribution in [-0.2, 0) is 4.74 Å². The maximum absolute atomic E-state index is 12.3. The molecule has 1 amide bonds. The summed E-state index contributed by atoms with van der Waals surface area (Å²) in [7, 11) is 0. The molecule has 0 aliphatic rings. The van der Waals surface area contributed by atoms with E-state index in [0.717, 1.165) is 5.56 Å². The zero-order chi connectivity index (χ0) is 19.9. The Bertz CT molecular complexity index is 970. The number of esters is 1. The highest BCUT2D eigenvalue weighted by atomic mass is 16.5. The third-order valence-electron chi connectivity index (χ3n) is 3.84. The fraction of sp³-hybridized carbons (Fsp3) is 0.143. The molecule has 2 N–H and O–H groups in total. The van der Waals surface area contributed by atoms with Crippen LogP contribution >= 0.6 is 0 Å². The third-order valence-corrected chi connectivity index (χ3v) is 3.84. The molecule has 0 spiro atoms. The first-order valence-corrected chi connectivity index (χ1v) is 8.79. The minimum Gasteiger partial charge on any atom is -0.462 e. The van der Waals surface area contributed by atoms with Gasteiger partial charge in [0.25, 0.3) is 5.91 Å². The van der Waals surface area contributed by atoms with E-state index in [0.29, 0.717) is 35.1 Å². The van der Waals surface area contributed by atoms with Crippen molar-refractivity contribution in [2.75, 3.05) is 17.2 Å². The minimum absolute atomic E-state index is 0.282. The Morgan fingerprint density at radius 2 is 1.68 bits per heavy atom. The number of carbonyl (C=O) groups excluding carboxylic acids is 2. The van der Waals surface area contributed by atoms with Crippen molar-refractivity contribution in [3.05, 3.63) is 77.6 Å². The molecule has 3 aromatic rings. The maximum Gasteiger partial charge on any atom is 0.338 e. The van der Waals surface area contributed by atoms with Gasteiger partial charge in [-0.25, -0.2) is 14.8 Å². The van der Waals surface area contributed by atoms with Crippen LogP contribution in [0.1, 0.15) is 33.2 Å². The number of ether oxygens (including phenoxy) is 1. The van der Waals surface area contributed by atoms with Crippen LogP contribution in [0.5, 0.6) is 0 Å². The molecule has 142 valence electrons. The average molecular weight is 376 g/mol. The van der Waals surface area contributed by atoms with Gasteiger partial charge in [0.1, 0.15) is 0 Å². The Morgan fingerprint density at radius 1 is 0.964 bits per heavy atom. The first-order chi connectivity index (χ1) is 13.5. The van der Waals surface area contributed by atoms with Crippen LogP contribution in [0.15, 0.2) is 60.9 Å². The summed E-state index contributed by atoms with van der Waals surface area (Å²) < 4.78 is 4.95. The number of hydrogen-bond acceptors (Lipinski definition) is 6. The highest BCUT2D eigenvalue weighted by Gasteiger charge is 2.09. The summed E-state index contributed by atoms with van der Waals surface area (Å²) in [5, 5.41) is 5.83. The maximum atomic E-state index is 12.3. The summed E-state index contributed by atoms with van der Waals surface area (Å²) in [4.78, 5) is 32.3. The number of amides is 1. The fourth-order valence-electron chi connectivity index (χ4n) is 2.47. The smallest absolute Gasteiger partial charge is 0.338 e. The SMILES string of the molecule is CCOC(=O)c1ccc(Nc2ncc(C(=O)Nc3cccc(C)c3)cn2)cc1. The molecule has 0 radical (unpaired) electrons. The second kappa shape index (κ2) is 8.77. The van der Waals surface area contributed by atoms with Crippen LogP contribution < -0.4 is 10.6 Å². The van der Waals surface area contributed by atoms with Crippen molar-refractivity contribution in [1.82, 2.24) is 9.97 Å². The van der Waals surface area contributed by atoms with Gasteiger partial charge < -0.3 is 15.4 Å². The monoisotopic (exact) mass is 376 g/mol. The summed E-state index contributed by atoms with van der Waals surface area (Å²) in [6.45, 7) is 4.05. The number of carbonyl (C=O) groups is 2. The summed E-state index contributed by atoms with van der Waals surface area (Å²) in [5.41, 5.74) is 3.31. The second-order valence-electron chi connectivity index (χ2n) is 6.04. The van der Waals surface area contributed by atoms with Gasteiger partial charge in [-0.05, 0) is 55.8 Å². The lowest BCUT2D eigenvalue weighted by Gasteiger charge is -2.08. The van der Waals surface area contributed by atoms with Gasteiger partial charge in [0, 0.05) is 23.8 Å². The Kier molecular flexibility index (Phi) is 5.96. The van der Waals surface area contributed by atoms with Gasteiger partial charge in [0.05, 0.1) is 17.7 Å². The average Bonchev–Trinajstić information content (AvgIpc) is 2.69. The minimum atomic E-state index is -0.366. The van der Waals surface area contributed by atoms with E-state index in [4.69, 9.17) is 4.74 Å². The Labute approximate surface area is 162 Å². The molecule has 7 heteroatoms. The largest absolute Gasteiger partial charge is 0.462 e. The van der Waals surface area contributed by atoms with Crippen molar-refractivity contribution >= 4 is 29.2 Å². The number of rotatable bonds is 6. The van der Waals surface area contributed by atoms with Crippen molar-refractivity contribution in [1.29, 1.82) is 0 Å². The van der Waals surface area contributed by atoms with Crippen molar-refractivity contribution in [2.24, 2.45) is 0 Å². The molecule has 0 aliphatic heterocycles. The molecule has 1 heterocycles. The topological polar surface area (TPSA) is 93.2 Å². The van der Waals surface area contributed by atoms with Gasteiger partial charge in [0.15, 0.2) is 0 Å². The number of aromatic nitrogens is 2. The van der Waals surface area contributed by atoms with Gasteiger partial charge in [-0.3, -0.25) is 4.79 Å². The molecule has 0 aliphatic carbocycles. The van der Waals surface area contributed by atoms with Crippen molar-refractivity contribution < 1.29 is 14.3 Å². The molecule has 0 fully saturated rings. The van der Waals surface area contributed by atoms with Crippen LogP contribution in [0, 0.1) is 6.92 Å². The third kappa shape index (κ3) is 4.91. The Hall–Kier alpha value is -3.74. The normalized spacial score (nSPS) is 10.2. The van der Waals surface area contributed by atoms with Gasteiger partial charge in [-0.1, -0.05) is 12.1 Å². The summed E-state index contributed by atoms with van der Waals surface area (Å²) in [6, 6.07) is 14.3. The lowest BCUT2D eigenvalue weighted by Crippen LogP contribution is -2.13. The summed E-state index contributed by atoms with van der Waals surface area (Å²) in [5.74, 6) is -0.304. The molecule has 2 aromatic carbocycles. The lowest BCUT2D eigenvalue weighted by atomic mass is 10.2. The fourth-order valence-corrected chi connectivity index (χ4v) is 2.47.